The zero-order valence-electron chi connectivity index (χ0n) is 12.0. The number of ether oxygens (including phenoxy) is 1. The van der Waals surface area contributed by atoms with E-state index in [1.807, 2.05) is 4.90 Å². The molecule has 0 radical (unpaired) electrons. The minimum absolute atomic E-state index is 0.201. The predicted molar refractivity (Wildman–Crippen MR) is 73.7 cm³/mol. The molecule has 2 rings (SSSR count). The minimum atomic E-state index is -0.541. The fourth-order valence-corrected chi connectivity index (χ4v) is 2.26. The van der Waals surface area contributed by atoms with Gasteiger partial charge in [-0.3, -0.25) is 24.7 Å². The van der Waals surface area contributed by atoms with E-state index in [4.69, 9.17) is 9.15 Å². The number of piperazine rings is 1. The Hall–Kier alpha value is -1.93. The standard InChI is InChI=1S/C13H19N3O5/c1-2-20-13(17)10-15-7-5-14(6-8-15)9-11-3-4-12(21-11)16(18)19/h3-4H,2,5-10H2,1H3. The third kappa shape index (κ3) is 4.54. The van der Waals surface area contributed by atoms with Crippen LogP contribution >= 0.6 is 0 Å². The van der Waals surface area contributed by atoms with Crippen molar-refractivity contribution in [3.05, 3.63) is 28.0 Å². The first kappa shape index (κ1) is 15.5. The van der Waals surface area contributed by atoms with E-state index in [1.54, 1.807) is 13.0 Å². The van der Waals surface area contributed by atoms with Gasteiger partial charge in [-0.1, -0.05) is 0 Å². The van der Waals surface area contributed by atoms with Crippen molar-refractivity contribution in [1.29, 1.82) is 0 Å². The summed E-state index contributed by atoms with van der Waals surface area (Å²) in [6.07, 6.45) is 0. The second kappa shape index (κ2) is 7.19. The molecule has 116 valence electrons. The smallest absolute Gasteiger partial charge is 0.433 e. The van der Waals surface area contributed by atoms with Gasteiger partial charge in [0.25, 0.3) is 0 Å². The van der Waals surface area contributed by atoms with Crippen molar-refractivity contribution in [2.24, 2.45) is 0 Å². The minimum Gasteiger partial charge on any atom is -0.465 e. The van der Waals surface area contributed by atoms with Crippen molar-refractivity contribution in [3.63, 3.8) is 0 Å². The summed E-state index contributed by atoms with van der Waals surface area (Å²) in [6, 6.07) is 3.00. The summed E-state index contributed by atoms with van der Waals surface area (Å²) in [5.74, 6) is 0.152. The van der Waals surface area contributed by atoms with E-state index >= 15 is 0 Å². The Balaban J connectivity index is 1.76. The van der Waals surface area contributed by atoms with E-state index in [0.717, 1.165) is 26.2 Å². The topological polar surface area (TPSA) is 89.1 Å². The Labute approximate surface area is 122 Å². The van der Waals surface area contributed by atoms with Crippen LogP contribution in [0.25, 0.3) is 0 Å². The van der Waals surface area contributed by atoms with Crippen LogP contribution in [-0.4, -0.2) is 60.0 Å². The maximum atomic E-state index is 11.4. The summed E-state index contributed by atoms with van der Waals surface area (Å²) >= 11 is 0. The lowest BCUT2D eigenvalue weighted by molar-refractivity contribution is -0.402. The number of esters is 1. The van der Waals surface area contributed by atoms with Crippen LogP contribution in [0.1, 0.15) is 12.7 Å². The predicted octanol–water partition coefficient (Wildman–Crippen LogP) is 0.869. The molecule has 8 heteroatoms. The number of hydrogen-bond donors (Lipinski definition) is 0. The first-order chi connectivity index (χ1) is 10.1. The number of carbonyl (C=O) groups is 1. The van der Waals surface area contributed by atoms with Gasteiger partial charge in [-0.15, -0.1) is 0 Å². The van der Waals surface area contributed by atoms with Crippen LogP contribution in [0, 0.1) is 10.1 Å². The van der Waals surface area contributed by atoms with Crippen LogP contribution in [0.5, 0.6) is 0 Å². The fourth-order valence-electron chi connectivity index (χ4n) is 2.26. The van der Waals surface area contributed by atoms with Gasteiger partial charge in [0.15, 0.2) is 0 Å². The van der Waals surface area contributed by atoms with Gasteiger partial charge in [-0.05, 0) is 13.0 Å². The zero-order chi connectivity index (χ0) is 15.2. The molecule has 0 aromatic carbocycles. The number of rotatable bonds is 6. The Morgan fingerprint density at radius 1 is 1.33 bits per heavy atom. The lowest BCUT2D eigenvalue weighted by atomic mass is 10.3. The van der Waals surface area contributed by atoms with Crippen molar-refractivity contribution < 1.29 is 18.9 Å². The molecule has 8 nitrogen and oxygen atoms in total. The maximum Gasteiger partial charge on any atom is 0.433 e. The van der Waals surface area contributed by atoms with Crippen LogP contribution in [-0.2, 0) is 16.1 Å². The molecular weight excluding hydrogens is 278 g/mol. The Kier molecular flexibility index (Phi) is 5.29. The zero-order valence-corrected chi connectivity index (χ0v) is 12.0. The molecule has 1 aliphatic rings. The van der Waals surface area contributed by atoms with Crippen LogP contribution < -0.4 is 0 Å². The molecule has 0 aliphatic carbocycles. The highest BCUT2D eigenvalue weighted by Gasteiger charge is 2.21. The van der Waals surface area contributed by atoms with Gasteiger partial charge in [0, 0.05) is 26.2 Å². The largest absolute Gasteiger partial charge is 0.465 e. The SMILES string of the molecule is CCOC(=O)CN1CCN(Cc2ccc([N+](=O)[O-])o2)CC1. The fraction of sp³-hybridized carbons (Fsp3) is 0.615. The van der Waals surface area contributed by atoms with E-state index in [-0.39, 0.29) is 11.9 Å². The second-order valence-electron chi connectivity index (χ2n) is 4.85. The Morgan fingerprint density at radius 3 is 2.57 bits per heavy atom. The van der Waals surface area contributed by atoms with E-state index in [2.05, 4.69) is 4.90 Å². The molecule has 21 heavy (non-hydrogen) atoms. The average Bonchev–Trinajstić information content (AvgIpc) is 2.90. The Morgan fingerprint density at radius 2 is 2.00 bits per heavy atom. The monoisotopic (exact) mass is 297 g/mol. The number of carbonyl (C=O) groups excluding carboxylic acids is 1. The van der Waals surface area contributed by atoms with Gasteiger partial charge in [0.1, 0.15) is 10.7 Å². The van der Waals surface area contributed by atoms with Crippen molar-refractivity contribution in [2.75, 3.05) is 39.3 Å². The van der Waals surface area contributed by atoms with Gasteiger partial charge in [-0.25, -0.2) is 0 Å². The Bertz CT molecular complexity index is 494. The molecule has 0 unspecified atom stereocenters. The van der Waals surface area contributed by atoms with Crippen LogP contribution in [0.4, 0.5) is 5.88 Å². The highest BCUT2D eigenvalue weighted by atomic mass is 16.6. The molecule has 1 fully saturated rings. The second-order valence-corrected chi connectivity index (χ2v) is 4.85. The molecule has 0 amide bonds. The molecule has 0 atom stereocenters. The summed E-state index contributed by atoms with van der Waals surface area (Å²) in [6.45, 7) is 6.15. The number of hydrogen-bond acceptors (Lipinski definition) is 7. The van der Waals surface area contributed by atoms with E-state index < -0.39 is 4.92 Å². The summed E-state index contributed by atoms with van der Waals surface area (Å²) in [4.78, 5) is 25.6. The molecule has 0 N–H and O–H groups in total. The summed E-state index contributed by atoms with van der Waals surface area (Å²) in [5, 5.41) is 10.6. The first-order valence-corrected chi connectivity index (χ1v) is 6.92. The van der Waals surface area contributed by atoms with Crippen LogP contribution in [0.3, 0.4) is 0 Å². The van der Waals surface area contributed by atoms with Crippen LogP contribution in [0.15, 0.2) is 16.5 Å². The van der Waals surface area contributed by atoms with E-state index in [9.17, 15) is 14.9 Å². The molecular formula is C13H19N3O5. The summed E-state index contributed by atoms with van der Waals surface area (Å²) in [7, 11) is 0. The number of nitrogens with zero attached hydrogens (tertiary/aromatic N) is 3. The molecule has 1 aromatic rings. The third-order valence-electron chi connectivity index (χ3n) is 3.33. The summed E-state index contributed by atoms with van der Waals surface area (Å²) in [5.41, 5.74) is 0. The van der Waals surface area contributed by atoms with E-state index in [0.29, 0.717) is 25.5 Å². The molecule has 0 spiro atoms. The molecule has 1 aromatic heterocycles. The van der Waals surface area contributed by atoms with E-state index in [1.165, 1.54) is 6.07 Å². The molecule has 1 saturated heterocycles. The molecule has 0 saturated carbocycles. The van der Waals surface area contributed by atoms with Crippen molar-refractivity contribution >= 4 is 11.9 Å². The average molecular weight is 297 g/mol. The first-order valence-electron chi connectivity index (χ1n) is 6.92. The van der Waals surface area contributed by atoms with Crippen LogP contribution in [0.2, 0.25) is 0 Å². The normalized spacial score (nSPS) is 16.8. The molecule has 1 aliphatic heterocycles. The van der Waals surface area contributed by atoms with Crippen molar-refractivity contribution in [2.45, 2.75) is 13.5 Å². The molecule has 0 bridgehead atoms. The van der Waals surface area contributed by atoms with Gasteiger partial charge >= 0.3 is 11.9 Å². The third-order valence-corrected chi connectivity index (χ3v) is 3.33. The quantitative estimate of drug-likeness (QED) is 0.437. The number of nitro groups is 1. The van der Waals surface area contributed by atoms with Gasteiger partial charge in [0.2, 0.25) is 0 Å². The highest BCUT2D eigenvalue weighted by Crippen LogP contribution is 2.17. The number of furan rings is 1. The van der Waals surface area contributed by atoms with Gasteiger partial charge in [-0.2, -0.15) is 0 Å². The lowest BCUT2D eigenvalue weighted by Gasteiger charge is -2.33. The summed E-state index contributed by atoms with van der Waals surface area (Å²) < 4.78 is 10.1. The molecule has 2 heterocycles. The highest BCUT2D eigenvalue weighted by molar-refractivity contribution is 5.71. The van der Waals surface area contributed by atoms with Crippen molar-refractivity contribution in [1.82, 2.24) is 9.80 Å². The van der Waals surface area contributed by atoms with Crippen molar-refractivity contribution in [3.8, 4) is 0 Å². The lowest BCUT2D eigenvalue weighted by Crippen LogP contribution is -2.47. The maximum absolute atomic E-state index is 11.4. The van der Waals surface area contributed by atoms with Gasteiger partial charge in [0.05, 0.1) is 25.8 Å². The van der Waals surface area contributed by atoms with Gasteiger partial charge < -0.3 is 9.15 Å².